The molecule has 3 aromatic heterocycles. The molecule has 7 nitrogen and oxygen atoms in total. The van der Waals surface area contributed by atoms with E-state index < -0.39 is 11.6 Å². The van der Waals surface area contributed by atoms with Crippen molar-refractivity contribution in [2.24, 2.45) is 0 Å². The highest BCUT2D eigenvalue weighted by Gasteiger charge is 2.36. The smallest absolute Gasteiger partial charge is 0.276 e. The van der Waals surface area contributed by atoms with E-state index in [0.717, 1.165) is 22.0 Å². The molecule has 9 heteroatoms. The number of amides is 2. The molecule has 0 aromatic carbocycles. The Morgan fingerprint density at radius 3 is 2.64 bits per heavy atom. The fourth-order valence-electron chi connectivity index (χ4n) is 2.76. The van der Waals surface area contributed by atoms with Crippen LogP contribution < -0.4 is 5.32 Å². The Labute approximate surface area is 171 Å². The van der Waals surface area contributed by atoms with Crippen LogP contribution in [0.2, 0.25) is 0 Å². The number of aryl methyl sites for hydroxylation is 1. The maximum Gasteiger partial charge on any atom is 0.276 e. The first-order chi connectivity index (χ1) is 13.3. The third-order valence-corrected chi connectivity index (χ3v) is 5.53. The number of rotatable bonds is 6. The Bertz CT molecular complexity index is 927. The maximum absolute atomic E-state index is 13.3. The van der Waals surface area contributed by atoms with Gasteiger partial charge >= 0.3 is 0 Å². The van der Waals surface area contributed by atoms with Crippen molar-refractivity contribution in [1.29, 1.82) is 0 Å². The molecular weight excluding hydrogens is 396 g/mol. The molecule has 0 saturated heterocycles. The zero-order valence-corrected chi connectivity index (χ0v) is 17.8. The molecule has 0 aliphatic rings. The van der Waals surface area contributed by atoms with Gasteiger partial charge in [0.25, 0.3) is 5.91 Å². The number of nitrogens with zero attached hydrogens (tertiary/aromatic N) is 3. The van der Waals surface area contributed by atoms with Gasteiger partial charge in [0, 0.05) is 15.8 Å². The van der Waals surface area contributed by atoms with Crippen molar-refractivity contribution in [2.75, 3.05) is 0 Å². The van der Waals surface area contributed by atoms with E-state index in [0.29, 0.717) is 5.76 Å². The van der Waals surface area contributed by atoms with E-state index in [9.17, 15) is 9.59 Å². The number of nitrogens with one attached hydrogen (secondary N) is 1. The average Bonchev–Trinajstić information content (AvgIpc) is 3.35. The van der Waals surface area contributed by atoms with Gasteiger partial charge in [-0.25, -0.2) is 0 Å². The summed E-state index contributed by atoms with van der Waals surface area (Å²) in [6, 6.07) is 4.67. The Hall–Kier alpha value is -2.52. The van der Waals surface area contributed by atoms with Crippen LogP contribution in [0.3, 0.4) is 0 Å². The normalized spacial score (nSPS) is 12.6. The molecule has 0 aliphatic carbocycles. The molecule has 3 aromatic rings. The van der Waals surface area contributed by atoms with Crippen LogP contribution in [0.25, 0.3) is 0 Å². The third kappa shape index (κ3) is 4.66. The number of furan rings is 1. The summed E-state index contributed by atoms with van der Waals surface area (Å²) in [6.45, 7) is 7.80. The lowest BCUT2D eigenvalue weighted by atomic mass is 10.0. The number of carbonyl (C=O) groups excluding carboxylic acids is 2. The molecule has 148 valence electrons. The van der Waals surface area contributed by atoms with E-state index in [-0.39, 0.29) is 24.1 Å². The van der Waals surface area contributed by atoms with Gasteiger partial charge in [-0.05, 0) is 68.4 Å². The first-order valence-corrected chi connectivity index (χ1v) is 10.4. The largest absolute Gasteiger partial charge is 0.467 e. The lowest BCUT2D eigenvalue weighted by Crippen LogP contribution is -2.49. The second-order valence-electron chi connectivity index (χ2n) is 7.41. The van der Waals surface area contributed by atoms with Gasteiger partial charge in [-0.3, -0.25) is 9.59 Å². The molecule has 1 atom stereocenters. The number of aromatic nitrogens is 2. The Kier molecular flexibility index (Phi) is 5.95. The predicted molar refractivity (Wildman–Crippen MR) is 108 cm³/mol. The molecule has 0 saturated carbocycles. The minimum atomic E-state index is -0.807. The van der Waals surface area contributed by atoms with Gasteiger partial charge in [0.05, 0.1) is 12.8 Å². The molecule has 0 unspecified atom stereocenters. The zero-order valence-electron chi connectivity index (χ0n) is 16.1. The summed E-state index contributed by atoms with van der Waals surface area (Å²) in [6.07, 6.45) is 1.54. The number of hydrogen-bond acceptors (Lipinski definition) is 7. The first kappa shape index (κ1) is 20.2. The SMILES string of the molecule is Cc1ccsc1[C@@H](C(=O)NC(C)(C)C)N(Cc1ccco1)C(=O)c1csnn1. The minimum Gasteiger partial charge on any atom is -0.467 e. The quantitative estimate of drug-likeness (QED) is 0.658. The number of hydrogen-bond donors (Lipinski definition) is 1. The first-order valence-electron chi connectivity index (χ1n) is 8.72. The van der Waals surface area contributed by atoms with Crippen LogP contribution in [0.4, 0.5) is 0 Å². The molecule has 0 radical (unpaired) electrons. The Morgan fingerprint density at radius 2 is 2.11 bits per heavy atom. The lowest BCUT2D eigenvalue weighted by molar-refractivity contribution is -0.127. The highest BCUT2D eigenvalue weighted by Crippen LogP contribution is 2.32. The van der Waals surface area contributed by atoms with Gasteiger partial charge in [-0.15, -0.1) is 16.4 Å². The van der Waals surface area contributed by atoms with E-state index in [1.165, 1.54) is 16.2 Å². The summed E-state index contributed by atoms with van der Waals surface area (Å²) in [5, 5.41) is 10.4. The fraction of sp³-hybridized carbons (Fsp3) is 0.368. The van der Waals surface area contributed by atoms with Crippen LogP contribution in [0.1, 0.15) is 53.5 Å². The molecule has 0 fully saturated rings. The summed E-state index contributed by atoms with van der Waals surface area (Å²) in [7, 11) is 0. The molecule has 2 amide bonds. The summed E-state index contributed by atoms with van der Waals surface area (Å²) in [5.41, 5.74) is 0.717. The molecule has 0 spiro atoms. The molecule has 0 aliphatic heterocycles. The van der Waals surface area contributed by atoms with Crippen LogP contribution in [-0.2, 0) is 11.3 Å². The van der Waals surface area contributed by atoms with Crippen molar-refractivity contribution in [2.45, 2.75) is 45.8 Å². The fourth-order valence-corrected chi connectivity index (χ4v) is 4.23. The summed E-state index contributed by atoms with van der Waals surface area (Å²) in [4.78, 5) is 28.9. The van der Waals surface area contributed by atoms with Crippen molar-refractivity contribution >= 4 is 34.7 Å². The molecular formula is C19H22N4O3S2. The lowest BCUT2D eigenvalue weighted by Gasteiger charge is -2.32. The molecule has 28 heavy (non-hydrogen) atoms. The average molecular weight is 419 g/mol. The zero-order chi connectivity index (χ0) is 20.3. The van der Waals surface area contributed by atoms with E-state index in [1.54, 1.807) is 23.8 Å². The van der Waals surface area contributed by atoms with Gasteiger partial charge in [0.15, 0.2) is 5.69 Å². The van der Waals surface area contributed by atoms with Gasteiger partial charge in [-0.1, -0.05) is 4.49 Å². The minimum absolute atomic E-state index is 0.142. The van der Waals surface area contributed by atoms with Crippen LogP contribution in [0.5, 0.6) is 0 Å². The molecule has 3 heterocycles. The third-order valence-electron chi connectivity index (χ3n) is 3.95. The predicted octanol–water partition coefficient (Wildman–Crippen LogP) is 3.80. The highest BCUT2D eigenvalue weighted by molar-refractivity contribution is 7.10. The van der Waals surface area contributed by atoms with Crippen LogP contribution >= 0.6 is 22.9 Å². The summed E-state index contributed by atoms with van der Waals surface area (Å²) in [5.74, 6) is -0.0348. The van der Waals surface area contributed by atoms with Gasteiger partial charge in [0.2, 0.25) is 5.91 Å². The van der Waals surface area contributed by atoms with Crippen molar-refractivity contribution in [1.82, 2.24) is 19.8 Å². The second-order valence-corrected chi connectivity index (χ2v) is 8.97. The van der Waals surface area contributed by atoms with E-state index >= 15 is 0 Å². The highest BCUT2D eigenvalue weighted by atomic mass is 32.1. The van der Waals surface area contributed by atoms with Crippen molar-refractivity contribution < 1.29 is 14.0 Å². The van der Waals surface area contributed by atoms with E-state index in [4.69, 9.17) is 4.42 Å². The Balaban J connectivity index is 2.05. The van der Waals surface area contributed by atoms with Crippen molar-refractivity contribution in [3.63, 3.8) is 0 Å². The van der Waals surface area contributed by atoms with E-state index in [1.807, 2.05) is 39.1 Å². The second kappa shape index (κ2) is 8.24. The number of carbonyl (C=O) groups is 2. The summed E-state index contributed by atoms with van der Waals surface area (Å²) < 4.78 is 9.24. The number of thiophene rings is 1. The van der Waals surface area contributed by atoms with Crippen LogP contribution in [0, 0.1) is 6.92 Å². The topological polar surface area (TPSA) is 88.3 Å². The van der Waals surface area contributed by atoms with Gasteiger partial charge in [0.1, 0.15) is 11.8 Å². The molecule has 1 N–H and O–H groups in total. The van der Waals surface area contributed by atoms with Gasteiger partial charge < -0.3 is 14.6 Å². The van der Waals surface area contributed by atoms with Crippen LogP contribution in [0.15, 0.2) is 39.6 Å². The van der Waals surface area contributed by atoms with Gasteiger partial charge in [-0.2, -0.15) is 0 Å². The summed E-state index contributed by atoms with van der Waals surface area (Å²) >= 11 is 2.54. The van der Waals surface area contributed by atoms with E-state index in [2.05, 4.69) is 14.9 Å². The standard InChI is InChI=1S/C19H22N4O3S2/c1-12-7-9-27-16(12)15(17(24)20-19(2,3)4)23(10-13-6-5-8-26-13)18(25)14-11-28-22-21-14/h5-9,11,15H,10H2,1-4H3,(H,20,24)/t15-/m0/s1. The Morgan fingerprint density at radius 1 is 1.32 bits per heavy atom. The molecule has 3 rings (SSSR count). The monoisotopic (exact) mass is 418 g/mol. The molecule has 0 bridgehead atoms. The van der Waals surface area contributed by atoms with Crippen molar-refractivity contribution in [3.05, 3.63) is 57.1 Å². The van der Waals surface area contributed by atoms with Crippen LogP contribution in [-0.4, -0.2) is 31.8 Å². The van der Waals surface area contributed by atoms with Crippen molar-refractivity contribution in [3.8, 4) is 0 Å². The maximum atomic E-state index is 13.3.